The van der Waals surface area contributed by atoms with Gasteiger partial charge in [-0.1, -0.05) is 32.6 Å². The highest BCUT2D eigenvalue weighted by molar-refractivity contribution is 9.10. The van der Waals surface area contributed by atoms with Gasteiger partial charge in [0.25, 0.3) is 0 Å². The third-order valence-electron chi connectivity index (χ3n) is 3.96. The molecule has 18 heavy (non-hydrogen) atoms. The Hall–Kier alpha value is -0.410. The zero-order valence-corrected chi connectivity index (χ0v) is 12.7. The summed E-state index contributed by atoms with van der Waals surface area (Å²) in [5.41, 5.74) is 1.12. The Balaban J connectivity index is 1.60. The Labute approximate surface area is 119 Å². The average Bonchev–Trinajstić information content (AvgIpc) is 2.39. The smallest absolute Gasteiger partial charge is 0.0542 e. The van der Waals surface area contributed by atoms with E-state index < -0.39 is 0 Å². The molecule has 0 saturated heterocycles. The Bertz CT molecular complexity index is 342. The first-order chi connectivity index (χ1) is 8.74. The molecule has 100 valence electrons. The van der Waals surface area contributed by atoms with E-state index in [9.17, 15) is 0 Å². The minimum atomic E-state index is 0.885. The first-order valence-corrected chi connectivity index (χ1v) is 7.84. The summed E-state index contributed by atoms with van der Waals surface area (Å²) in [6.45, 7) is 4.39. The number of rotatable bonds is 5. The SMILES string of the molecule is CC1CCC(CCNCc2ccc(Br)cn2)CC1. The minimum Gasteiger partial charge on any atom is -0.311 e. The van der Waals surface area contributed by atoms with Crippen LogP contribution in [-0.2, 0) is 6.54 Å². The van der Waals surface area contributed by atoms with E-state index >= 15 is 0 Å². The number of halogens is 1. The van der Waals surface area contributed by atoms with Crippen molar-refractivity contribution in [3.63, 3.8) is 0 Å². The van der Waals surface area contributed by atoms with Crippen molar-refractivity contribution in [2.24, 2.45) is 11.8 Å². The lowest BCUT2D eigenvalue weighted by molar-refractivity contribution is 0.275. The van der Waals surface area contributed by atoms with Crippen molar-refractivity contribution in [2.45, 2.75) is 45.6 Å². The second-order valence-electron chi connectivity index (χ2n) is 5.56. The van der Waals surface area contributed by atoms with Crippen LogP contribution in [0.4, 0.5) is 0 Å². The summed E-state index contributed by atoms with van der Waals surface area (Å²) in [5.74, 6) is 1.91. The maximum Gasteiger partial charge on any atom is 0.0542 e. The van der Waals surface area contributed by atoms with Gasteiger partial charge in [0, 0.05) is 17.2 Å². The monoisotopic (exact) mass is 310 g/mol. The standard InChI is InChI=1S/C15H23BrN2/c1-12-2-4-13(5-3-12)8-9-17-11-15-7-6-14(16)10-18-15/h6-7,10,12-13,17H,2-5,8-9,11H2,1H3. The van der Waals surface area contributed by atoms with Crippen molar-refractivity contribution in [2.75, 3.05) is 6.54 Å². The summed E-state index contributed by atoms with van der Waals surface area (Å²) in [7, 11) is 0. The lowest BCUT2D eigenvalue weighted by Crippen LogP contribution is -2.20. The van der Waals surface area contributed by atoms with Crippen molar-refractivity contribution in [3.05, 3.63) is 28.5 Å². The van der Waals surface area contributed by atoms with E-state index in [1.807, 2.05) is 12.3 Å². The molecule has 0 aromatic carbocycles. The number of hydrogen-bond donors (Lipinski definition) is 1. The molecule has 1 aromatic heterocycles. The van der Waals surface area contributed by atoms with Gasteiger partial charge in [0.15, 0.2) is 0 Å². The fraction of sp³-hybridized carbons (Fsp3) is 0.667. The molecule has 0 unspecified atom stereocenters. The topological polar surface area (TPSA) is 24.9 Å². The molecular weight excluding hydrogens is 288 g/mol. The van der Waals surface area contributed by atoms with Crippen molar-refractivity contribution in [3.8, 4) is 0 Å². The number of aromatic nitrogens is 1. The van der Waals surface area contributed by atoms with Gasteiger partial charge in [-0.15, -0.1) is 0 Å². The minimum absolute atomic E-state index is 0.885. The van der Waals surface area contributed by atoms with Crippen LogP contribution in [0, 0.1) is 11.8 Å². The number of nitrogens with one attached hydrogen (secondary N) is 1. The molecule has 0 aliphatic heterocycles. The number of pyridine rings is 1. The molecule has 0 atom stereocenters. The van der Waals surface area contributed by atoms with E-state index in [-0.39, 0.29) is 0 Å². The summed E-state index contributed by atoms with van der Waals surface area (Å²) in [6.07, 6.45) is 8.90. The van der Waals surface area contributed by atoms with Crippen molar-refractivity contribution in [1.82, 2.24) is 10.3 Å². The average molecular weight is 311 g/mol. The lowest BCUT2D eigenvalue weighted by Gasteiger charge is -2.26. The maximum absolute atomic E-state index is 4.36. The first-order valence-electron chi connectivity index (χ1n) is 7.05. The van der Waals surface area contributed by atoms with Crippen LogP contribution in [0.1, 0.15) is 44.7 Å². The molecule has 1 fully saturated rings. The zero-order valence-electron chi connectivity index (χ0n) is 11.2. The summed E-state index contributed by atoms with van der Waals surface area (Å²) >= 11 is 3.40. The van der Waals surface area contributed by atoms with Crippen LogP contribution in [0.15, 0.2) is 22.8 Å². The zero-order chi connectivity index (χ0) is 12.8. The van der Waals surface area contributed by atoms with Crippen LogP contribution in [0.2, 0.25) is 0 Å². The van der Waals surface area contributed by atoms with Crippen molar-refractivity contribution in [1.29, 1.82) is 0 Å². The van der Waals surface area contributed by atoms with Gasteiger partial charge in [-0.05, 0) is 52.9 Å². The fourth-order valence-corrected chi connectivity index (χ4v) is 2.89. The highest BCUT2D eigenvalue weighted by Crippen LogP contribution is 2.29. The van der Waals surface area contributed by atoms with Crippen LogP contribution in [0.25, 0.3) is 0 Å². The van der Waals surface area contributed by atoms with Gasteiger partial charge in [-0.25, -0.2) is 0 Å². The van der Waals surface area contributed by atoms with Gasteiger partial charge in [-0.2, -0.15) is 0 Å². The van der Waals surface area contributed by atoms with Gasteiger partial charge >= 0.3 is 0 Å². The van der Waals surface area contributed by atoms with Crippen LogP contribution >= 0.6 is 15.9 Å². The molecule has 1 N–H and O–H groups in total. The van der Waals surface area contributed by atoms with Crippen molar-refractivity contribution < 1.29 is 0 Å². The second-order valence-corrected chi connectivity index (χ2v) is 6.47. The summed E-state index contributed by atoms with van der Waals surface area (Å²) < 4.78 is 1.04. The summed E-state index contributed by atoms with van der Waals surface area (Å²) in [6, 6.07) is 4.12. The molecule has 0 bridgehead atoms. The Morgan fingerprint density at radius 3 is 2.72 bits per heavy atom. The van der Waals surface area contributed by atoms with E-state index in [2.05, 4.69) is 39.2 Å². The third kappa shape index (κ3) is 4.69. The predicted molar refractivity (Wildman–Crippen MR) is 79.4 cm³/mol. The van der Waals surface area contributed by atoms with Gasteiger partial charge in [0.2, 0.25) is 0 Å². The summed E-state index contributed by atoms with van der Waals surface area (Å²) in [4.78, 5) is 4.36. The molecule has 1 aromatic rings. The highest BCUT2D eigenvalue weighted by Gasteiger charge is 2.17. The Kier molecular flexibility index (Phi) is 5.64. The van der Waals surface area contributed by atoms with Crippen LogP contribution < -0.4 is 5.32 Å². The lowest BCUT2D eigenvalue weighted by atomic mass is 9.81. The molecule has 0 amide bonds. The van der Waals surface area contributed by atoms with Gasteiger partial charge < -0.3 is 5.32 Å². The van der Waals surface area contributed by atoms with E-state index in [0.717, 1.165) is 35.1 Å². The van der Waals surface area contributed by atoms with Crippen molar-refractivity contribution >= 4 is 15.9 Å². The van der Waals surface area contributed by atoms with E-state index in [1.54, 1.807) is 0 Å². The Morgan fingerprint density at radius 1 is 1.28 bits per heavy atom. The maximum atomic E-state index is 4.36. The van der Waals surface area contributed by atoms with Gasteiger partial charge in [0.1, 0.15) is 0 Å². The van der Waals surface area contributed by atoms with E-state index in [4.69, 9.17) is 0 Å². The third-order valence-corrected chi connectivity index (χ3v) is 4.43. The van der Waals surface area contributed by atoms with Crippen LogP contribution in [0.5, 0.6) is 0 Å². The van der Waals surface area contributed by atoms with E-state index in [0.29, 0.717) is 0 Å². The quantitative estimate of drug-likeness (QED) is 0.826. The highest BCUT2D eigenvalue weighted by atomic mass is 79.9. The number of nitrogens with zero attached hydrogens (tertiary/aromatic N) is 1. The molecule has 1 heterocycles. The molecule has 1 aliphatic carbocycles. The molecule has 0 radical (unpaired) electrons. The molecule has 2 rings (SSSR count). The number of hydrogen-bond acceptors (Lipinski definition) is 2. The Morgan fingerprint density at radius 2 is 2.06 bits per heavy atom. The van der Waals surface area contributed by atoms with E-state index in [1.165, 1.54) is 32.1 Å². The van der Waals surface area contributed by atoms with Crippen LogP contribution in [0.3, 0.4) is 0 Å². The molecular formula is C15H23BrN2. The van der Waals surface area contributed by atoms with Gasteiger partial charge in [-0.3, -0.25) is 4.98 Å². The largest absolute Gasteiger partial charge is 0.311 e. The molecule has 0 spiro atoms. The summed E-state index contributed by atoms with van der Waals surface area (Å²) in [5, 5.41) is 3.50. The first kappa shape index (κ1) is 14.0. The molecule has 2 nitrogen and oxygen atoms in total. The molecule has 1 aliphatic rings. The normalized spacial score (nSPS) is 24.1. The fourth-order valence-electron chi connectivity index (χ4n) is 2.65. The van der Waals surface area contributed by atoms with Crippen LogP contribution in [-0.4, -0.2) is 11.5 Å². The predicted octanol–water partition coefficient (Wildman–Crippen LogP) is 4.15. The van der Waals surface area contributed by atoms with Gasteiger partial charge in [0.05, 0.1) is 5.69 Å². The molecule has 1 saturated carbocycles. The molecule has 3 heteroatoms. The second kappa shape index (κ2) is 7.25.